The first-order valence-electron chi connectivity index (χ1n) is 3.00. The van der Waals surface area contributed by atoms with E-state index in [0.717, 1.165) is 7.11 Å². The Bertz CT molecular complexity index is 369. The molecule has 0 aromatic carbocycles. The smallest absolute Gasteiger partial charge is 0.385 e. The van der Waals surface area contributed by atoms with Crippen LogP contribution in [-0.2, 0) is 13.8 Å². The molecule has 0 aliphatic rings. The molecule has 1 unspecified atom stereocenters. The first-order chi connectivity index (χ1) is 6.10. The molecule has 0 aromatic heterocycles. The van der Waals surface area contributed by atoms with Crippen LogP contribution in [0.5, 0.6) is 0 Å². The van der Waals surface area contributed by atoms with E-state index in [-0.39, 0.29) is 0 Å². The second-order valence-electron chi connectivity index (χ2n) is 1.70. The van der Waals surface area contributed by atoms with E-state index in [1.54, 1.807) is 0 Å². The van der Waals surface area contributed by atoms with Crippen LogP contribution in [0.1, 0.15) is 0 Å². The minimum Gasteiger partial charge on any atom is -0.385 e. The number of nitrogens with two attached hydrogens (primary N) is 1. The third-order valence-electron chi connectivity index (χ3n) is 0.984. The molecule has 0 aliphatic carbocycles. The van der Waals surface area contributed by atoms with Crippen molar-refractivity contribution < 1.29 is 19.0 Å². The second-order valence-corrected chi connectivity index (χ2v) is 3.70. The molecule has 6 heteroatoms. The van der Waals surface area contributed by atoms with Crippen LogP contribution in [0.3, 0.4) is 0 Å². The third-order valence-corrected chi connectivity index (χ3v) is 2.38. The maximum atomic E-state index is 11.2. The molecule has 0 saturated carbocycles. The average Bonchev–Trinajstić information content (AvgIpc) is 2.17. The quantitative estimate of drug-likeness (QED) is 0.312. The van der Waals surface area contributed by atoms with Gasteiger partial charge < -0.3 is 10.3 Å². The fraction of sp³-hybridized carbons (Fsp3) is 0.143. The number of hydrogen-bond donors (Lipinski definition) is 2. The molecule has 13 heavy (non-hydrogen) atoms. The van der Waals surface area contributed by atoms with Gasteiger partial charge in [-0.1, -0.05) is 5.73 Å². The lowest BCUT2D eigenvalue weighted by atomic mass is 10.7. The minimum atomic E-state index is -3.82. The normalized spacial score (nSPS) is 12.8. The first kappa shape index (κ1) is 11.8. The summed E-state index contributed by atoms with van der Waals surface area (Å²) in [5.74, 6) is 0. The van der Waals surface area contributed by atoms with Crippen molar-refractivity contribution >= 4 is 7.60 Å². The zero-order valence-corrected chi connectivity index (χ0v) is 7.80. The van der Waals surface area contributed by atoms with E-state index in [0.29, 0.717) is 0 Å². The van der Waals surface area contributed by atoms with Gasteiger partial charge in [0.1, 0.15) is 0 Å². The molecule has 0 heterocycles. The molecule has 0 saturated heterocycles. The highest BCUT2D eigenvalue weighted by molar-refractivity contribution is 7.58. The molecule has 5 nitrogen and oxygen atoms in total. The fourth-order valence-electron chi connectivity index (χ4n) is 0.384. The van der Waals surface area contributed by atoms with Crippen molar-refractivity contribution in [2.24, 2.45) is 5.73 Å². The predicted octanol–water partition coefficient (Wildman–Crippen LogP) is 1.37. The molecular weight excluding hydrogens is 193 g/mol. The van der Waals surface area contributed by atoms with Gasteiger partial charge in [-0.3, -0.25) is 0 Å². The SMILES string of the molecule is C=C=C=C=C=C(N)P(=O)(OC)OO. The Morgan fingerprint density at radius 2 is 2.23 bits per heavy atom. The van der Waals surface area contributed by atoms with Crippen LogP contribution in [0, 0.1) is 0 Å². The van der Waals surface area contributed by atoms with E-state index in [1.807, 2.05) is 0 Å². The van der Waals surface area contributed by atoms with Crippen molar-refractivity contribution in [1.82, 2.24) is 0 Å². The molecule has 70 valence electrons. The monoisotopic (exact) mass is 201 g/mol. The molecule has 0 aromatic rings. The summed E-state index contributed by atoms with van der Waals surface area (Å²) in [5, 5.41) is 8.21. The van der Waals surface area contributed by atoms with Crippen molar-refractivity contribution in [3.05, 3.63) is 34.9 Å². The van der Waals surface area contributed by atoms with Gasteiger partial charge in [0.15, 0.2) is 5.44 Å². The summed E-state index contributed by atoms with van der Waals surface area (Å²) >= 11 is 0. The standard InChI is InChI=1S/C7H8NO4P/c1-3-4-5-6-7(8)13(10,11-2)12-9/h9H,1,8H2,2H3. The van der Waals surface area contributed by atoms with E-state index in [2.05, 4.69) is 38.7 Å². The van der Waals surface area contributed by atoms with Crippen LogP contribution in [-0.4, -0.2) is 12.4 Å². The van der Waals surface area contributed by atoms with Crippen LogP contribution in [0.2, 0.25) is 0 Å². The van der Waals surface area contributed by atoms with Crippen LogP contribution < -0.4 is 5.73 Å². The molecular formula is C7H8NO4P. The Kier molecular flexibility index (Phi) is 4.91. The maximum absolute atomic E-state index is 11.2. The Balaban J connectivity index is 5.33. The van der Waals surface area contributed by atoms with Crippen LogP contribution >= 0.6 is 7.60 Å². The highest BCUT2D eigenvalue weighted by Crippen LogP contribution is 2.51. The van der Waals surface area contributed by atoms with Crippen molar-refractivity contribution in [2.45, 2.75) is 0 Å². The fourth-order valence-corrected chi connectivity index (χ4v) is 0.928. The predicted molar refractivity (Wildman–Crippen MR) is 45.7 cm³/mol. The molecule has 3 N–H and O–H groups in total. The Hall–Kier alpha value is -1.23. The largest absolute Gasteiger partial charge is 0.411 e. The first-order valence-corrected chi connectivity index (χ1v) is 4.55. The lowest BCUT2D eigenvalue weighted by Gasteiger charge is -2.08. The van der Waals surface area contributed by atoms with Gasteiger partial charge in [0.25, 0.3) is 0 Å². The summed E-state index contributed by atoms with van der Waals surface area (Å²) in [6, 6.07) is 0. The summed E-state index contributed by atoms with van der Waals surface area (Å²) in [6.45, 7) is 3.19. The van der Waals surface area contributed by atoms with E-state index < -0.39 is 13.0 Å². The van der Waals surface area contributed by atoms with Crippen molar-refractivity contribution in [1.29, 1.82) is 0 Å². The Labute approximate surface area is 75.2 Å². The van der Waals surface area contributed by atoms with E-state index in [4.69, 9.17) is 11.0 Å². The molecule has 0 radical (unpaired) electrons. The molecule has 0 fully saturated rings. The zero-order valence-electron chi connectivity index (χ0n) is 6.90. The third kappa shape index (κ3) is 3.33. The summed E-state index contributed by atoms with van der Waals surface area (Å²) in [6.07, 6.45) is 0. The van der Waals surface area contributed by atoms with Gasteiger partial charge in [0.2, 0.25) is 0 Å². The van der Waals surface area contributed by atoms with Gasteiger partial charge in [-0.25, -0.2) is 9.82 Å². The van der Waals surface area contributed by atoms with Crippen molar-refractivity contribution in [3.63, 3.8) is 0 Å². The minimum absolute atomic E-state index is 0.416. The van der Waals surface area contributed by atoms with E-state index in [1.165, 1.54) is 0 Å². The molecule has 0 bridgehead atoms. The summed E-state index contributed by atoms with van der Waals surface area (Å²) in [5.41, 5.74) is 13.7. The molecule has 0 rings (SSSR count). The lowest BCUT2D eigenvalue weighted by molar-refractivity contribution is -0.146. The summed E-state index contributed by atoms with van der Waals surface area (Å²) in [7, 11) is -2.76. The Morgan fingerprint density at radius 3 is 2.62 bits per heavy atom. The van der Waals surface area contributed by atoms with Gasteiger partial charge in [-0.15, -0.1) is 4.67 Å². The molecule has 0 aliphatic heterocycles. The average molecular weight is 201 g/mol. The van der Waals surface area contributed by atoms with Crippen LogP contribution in [0.4, 0.5) is 0 Å². The van der Waals surface area contributed by atoms with E-state index in [9.17, 15) is 4.57 Å². The van der Waals surface area contributed by atoms with Gasteiger partial charge >= 0.3 is 7.60 Å². The topological polar surface area (TPSA) is 81.8 Å². The molecule has 0 amide bonds. The van der Waals surface area contributed by atoms with Gasteiger partial charge in [-0.05, 0) is 23.8 Å². The number of hydrogen-bond acceptors (Lipinski definition) is 5. The van der Waals surface area contributed by atoms with Crippen LogP contribution in [0.25, 0.3) is 0 Å². The molecule has 0 spiro atoms. The highest BCUT2D eigenvalue weighted by Gasteiger charge is 2.27. The van der Waals surface area contributed by atoms with Crippen molar-refractivity contribution in [3.8, 4) is 0 Å². The Morgan fingerprint density at radius 1 is 1.62 bits per heavy atom. The van der Waals surface area contributed by atoms with Crippen molar-refractivity contribution in [2.75, 3.05) is 7.11 Å². The maximum Gasteiger partial charge on any atom is 0.411 e. The van der Waals surface area contributed by atoms with Gasteiger partial charge in [0.05, 0.1) is 0 Å². The highest BCUT2D eigenvalue weighted by atomic mass is 31.2. The summed E-state index contributed by atoms with van der Waals surface area (Å²) in [4.78, 5) is 0. The second kappa shape index (κ2) is 5.42. The zero-order chi connectivity index (χ0) is 10.3. The van der Waals surface area contributed by atoms with E-state index >= 15 is 0 Å². The van der Waals surface area contributed by atoms with Gasteiger partial charge in [-0.2, -0.15) is 0 Å². The number of rotatable bonds is 3. The lowest BCUT2D eigenvalue weighted by Crippen LogP contribution is -2.00. The summed E-state index contributed by atoms with van der Waals surface area (Å²) < 4.78 is 19.1. The molecule has 1 atom stereocenters. The van der Waals surface area contributed by atoms with Gasteiger partial charge in [0, 0.05) is 7.11 Å². The van der Waals surface area contributed by atoms with Crippen LogP contribution in [0.15, 0.2) is 34.9 Å².